The van der Waals surface area contributed by atoms with E-state index in [0.29, 0.717) is 11.1 Å². The van der Waals surface area contributed by atoms with Crippen molar-refractivity contribution in [3.63, 3.8) is 0 Å². The summed E-state index contributed by atoms with van der Waals surface area (Å²) in [5.41, 5.74) is 1.06. The van der Waals surface area contributed by atoms with Gasteiger partial charge in [-0.25, -0.2) is 4.99 Å². The van der Waals surface area contributed by atoms with Gasteiger partial charge in [-0.2, -0.15) is 0 Å². The zero-order valence-corrected chi connectivity index (χ0v) is 9.54. The van der Waals surface area contributed by atoms with Gasteiger partial charge in [0.05, 0.1) is 0 Å². The van der Waals surface area contributed by atoms with E-state index in [1.54, 1.807) is 13.1 Å². The zero-order chi connectivity index (χ0) is 10.6. The Balaban J connectivity index is 2.92. The van der Waals surface area contributed by atoms with Crippen LogP contribution in [0.5, 0.6) is 0 Å². The Labute approximate surface area is 90.1 Å². The molecule has 1 aliphatic heterocycles. The second-order valence-corrected chi connectivity index (χ2v) is 3.71. The van der Waals surface area contributed by atoms with Crippen molar-refractivity contribution in [3.05, 3.63) is 23.8 Å². The Morgan fingerprint density at radius 2 is 2.29 bits per heavy atom. The Morgan fingerprint density at radius 1 is 1.57 bits per heavy atom. The van der Waals surface area contributed by atoms with Crippen molar-refractivity contribution in [2.45, 2.75) is 20.3 Å². The molecule has 0 saturated carbocycles. The summed E-state index contributed by atoms with van der Waals surface area (Å²) in [5, 5.41) is 0.493. The minimum atomic E-state index is 0.493. The van der Waals surface area contributed by atoms with Crippen molar-refractivity contribution in [1.29, 1.82) is 0 Å². The largest absolute Gasteiger partial charge is 0.270 e. The van der Waals surface area contributed by atoms with Crippen LogP contribution in [0.25, 0.3) is 0 Å². The van der Waals surface area contributed by atoms with Gasteiger partial charge >= 0.3 is 0 Å². The fraction of sp³-hybridized carbons (Fsp3) is 0.455. The lowest BCUT2D eigenvalue weighted by Gasteiger charge is -2.09. The van der Waals surface area contributed by atoms with Crippen LogP contribution in [-0.4, -0.2) is 18.1 Å². The first kappa shape index (κ1) is 11.2. The summed E-state index contributed by atoms with van der Waals surface area (Å²) < 4.78 is 0. The van der Waals surface area contributed by atoms with E-state index in [0.717, 1.165) is 17.8 Å². The van der Waals surface area contributed by atoms with Gasteiger partial charge in [0.15, 0.2) is 5.84 Å². The number of nitrogens with zero attached hydrogens (tertiary/aromatic N) is 2. The third-order valence-corrected chi connectivity index (χ3v) is 2.40. The van der Waals surface area contributed by atoms with Gasteiger partial charge in [0.1, 0.15) is 5.17 Å². The van der Waals surface area contributed by atoms with Crippen molar-refractivity contribution < 1.29 is 0 Å². The number of allylic oxidation sites excluding steroid dienone is 2. The Morgan fingerprint density at radius 3 is 2.86 bits per heavy atom. The fourth-order valence-corrected chi connectivity index (χ4v) is 1.31. The van der Waals surface area contributed by atoms with Crippen molar-refractivity contribution in [3.8, 4) is 0 Å². The highest BCUT2D eigenvalue weighted by molar-refractivity contribution is 6.69. The molecule has 1 rings (SSSR count). The molecule has 0 N–H and O–H groups in total. The maximum Gasteiger partial charge on any atom is 0.155 e. The van der Waals surface area contributed by atoms with Crippen LogP contribution in [0.4, 0.5) is 0 Å². The molecule has 2 nitrogen and oxygen atoms in total. The van der Waals surface area contributed by atoms with Crippen LogP contribution in [0.1, 0.15) is 20.3 Å². The number of hydrogen-bond donors (Lipinski definition) is 0. The average molecular weight is 211 g/mol. The van der Waals surface area contributed by atoms with E-state index < -0.39 is 0 Å². The van der Waals surface area contributed by atoms with Gasteiger partial charge in [-0.3, -0.25) is 4.99 Å². The Kier molecular flexibility index (Phi) is 4.08. The van der Waals surface area contributed by atoms with Crippen LogP contribution in [0.15, 0.2) is 33.8 Å². The van der Waals surface area contributed by atoms with E-state index in [-0.39, 0.29) is 0 Å². The molecule has 0 radical (unpaired) electrons. The Hall–Kier alpha value is -0.890. The Bertz CT molecular complexity index is 324. The molecule has 0 aromatic heterocycles. The van der Waals surface area contributed by atoms with E-state index in [1.807, 2.05) is 6.08 Å². The smallest absolute Gasteiger partial charge is 0.155 e. The lowest BCUT2D eigenvalue weighted by atomic mass is 10.0. The van der Waals surface area contributed by atoms with Crippen LogP contribution in [0.2, 0.25) is 0 Å². The van der Waals surface area contributed by atoms with Gasteiger partial charge in [-0.05, 0) is 18.1 Å². The number of hydrogen-bond acceptors (Lipinski definition) is 1. The summed E-state index contributed by atoms with van der Waals surface area (Å²) in [7, 11) is 1.73. The lowest BCUT2D eigenvalue weighted by molar-refractivity contribution is 0.696. The van der Waals surface area contributed by atoms with Gasteiger partial charge in [0.25, 0.3) is 0 Å². The number of dihydropyridines is 1. The zero-order valence-electron chi connectivity index (χ0n) is 8.79. The van der Waals surface area contributed by atoms with Crippen LogP contribution >= 0.6 is 11.6 Å². The fourth-order valence-electron chi connectivity index (χ4n) is 1.17. The summed E-state index contributed by atoms with van der Waals surface area (Å²) in [4.78, 5) is 8.24. The van der Waals surface area contributed by atoms with Gasteiger partial charge in [-0.15, -0.1) is 0 Å². The molecule has 0 fully saturated rings. The van der Waals surface area contributed by atoms with Crippen LogP contribution < -0.4 is 0 Å². The number of aliphatic imine (C=N–C) groups is 2. The van der Waals surface area contributed by atoms with Gasteiger partial charge < -0.3 is 0 Å². The summed E-state index contributed by atoms with van der Waals surface area (Å²) in [6.07, 6.45) is 7.05. The molecule has 3 heteroatoms. The molecular weight excluding hydrogens is 196 g/mol. The first-order chi connectivity index (χ1) is 6.67. The molecule has 0 aliphatic carbocycles. The molecule has 0 bridgehead atoms. The second-order valence-electron chi connectivity index (χ2n) is 3.32. The summed E-state index contributed by atoms with van der Waals surface area (Å²) in [6, 6.07) is 0. The van der Waals surface area contributed by atoms with Crippen molar-refractivity contribution >= 4 is 22.6 Å². The van der Waals surface area contributed by atoms with E-state index in [2.05, 4.69) is 29.9 Å². The quantitative estimate of drug-likeness (QED) is 0.669. The van der Waals surface area contributed by atoms with Crippen LogP contribution in [-0.2, 0) is 0 Å². The van der Waals surface area contributed by atoms with Gasteiger partial charge in [0.2, 0.25) is 0 Å². The SMILES string of the molecule is CCC(C)/C=C1/C=CC(Cl)=NC1=NC. The van der Waals surface area contributed by atoms with E-state index in [4.69, 9.17) is 11.6 Å². The first-order valence-corrected chi connectivity index (χ1v) is 5.16. The molecular formula is C11H15ClN2. The maximum absolute atomic E-state index is 5.78. The summed E-state index contributed by atoms with van der Waals surface area (Å²) in [5.74, 6) is 1.26. The third kappa shape index (κ3) is 2.81. The van der Waals surface area contributed by atoms with E-state index in [1.165, 1.54) is 0 Å². The maximum atomic E-state index is 5.78. The van der Waals surface area contributed by atoms with E-state index >= 15 is 0 Å². The molecule has 0 saturated heterocycles. The average Bonchev–Trinajstić information content (AvgIpc) is 2.20. The minimum absolute atomic E-state index is 0.493. The summed E-state index contributed by atoms with van der Waals surface area (Å²) in [6.45, 7) is 4.33. The minimum Gasteiger partial charge on any atom is -0.270 e. The predicted octanol–water partition coefficient (Wildman–Crippen LogP) is 3.19. The topological polar surface area (TPSA) is 24.7 Å². The molecule has 0 spiro atoms. The lowest BCUT2D eigenvalue weighted by Crippen LogP contribution is -2.06. The molecule has 1 unspecified atom stereocenters. The van der Waals surface area contributed by atoms with Gasteiger partial charge in [-0.1, -0.05) is 37.9 Å². The second kappa shape index (κ2) is 5.11. The van der Waals surface area contributed by atoms with Crippen molar-refractivity contribution in [1.82, 2.24) is 0 Å². The number of rotatable bonds is 2. The summed E-state index contributed by atoms with van der Waals surface area (Å²) >= 11 is 5.78. The van der Waals surface area contributed by atoms with Crippen LogP contribution in [0, 0.1) is 5.92 Å². The molecule has 76 valence electrons. The van der Waals surface area contributed by atoms with Crippen molar-refractivity contribution in [2.75, 3.05) is 7.05 Å². The molecule has 1 heterocycles. The highest BCUT2D eigenvalue weighted by Gasteiger charge is 2.09. The molecule has 0 amide bonds. The number of halogens is 1. The molecule has 0 aromatic rings. The van der Waals surface area contributed by atoms with Gasteiger partial charge in [0, 0.05) is 12.6 Å². The molecule has 0 aromatic carbocycles. The highest BCUT2D eigenvalue weighted by Crippen LogP contribution is 2.14. The van der Waals surface area contributed by atoms with Crippen LogP contribution in [0.3, 0.4) is 0 Å². The predicted molar refractivity (Wildman–Crippen MR) is 63.3 cm³/mol. The van der Waals surface area contributed by atoms with E-state index in [9.17, 15) is 0 Å². The molecule has 14 heavy (non-hydrogen) atoms. The third-order valence-electron chi connectivity index (χ3n) is 2.19. The normalized spacial score (nSPS) is 24.1. The monoisotopic (exact) mass is 210 g/mol. The van der Waals surface area contributed by atoms with Crippen molar-refractivity contribution in [2.24, 2.45) is 15.9 Å². The standard InChI is InChI=1S/C11H15ClN2/c1-4-8(2)7-9-5-6-10(12)14-11(9)13-3/h5-8H,4H2,1-3H3/b9-7-,13-11?. The number of amidine groups is 1. The first-order valence-electron chi connectivity index (χ1n) is 4.78. The molecule has 1 aliphatic rings. The molecule has 1 atom stereocenters. The highest BCUT2D eigenvalue weighted by atomic mass is 35.5.